The van der Waals surface area contributed by atoms with Gasteiger partial charge in [-0.2, -0.15) is 10.4 Å². The molecule has 0 unspecified atom stereocenters. The van der Waals surface area contributed by atoms with E-state index in [0.717, 1.165) is 16.8 Å². The number of hydrogen-bond donors (Lipinski definition) is 1. The standard InChI is InChI=1S/C16H11ClN4/c17-14-3-6-16(12(7-14)8-18)21-10-13(9-20-21)11-1-4-15(19)5-2-11/h1-7,9-10H,19H2. The molecule has 4 nitrogen and oxygen atoms in total. The Morgan fingerprint density at radius 3 is 2.57 bits per heavy atom. The SMILES string of the molecule is N#Cc1cc(Cl)ccc1-n1cc(-c2ccc(N)cc2)cn1. The zero-order valence-electron chi connectivity index (χ0n) is 11.0. The van der Waals surface area contributed by atoms with Gasteiger partial charge in [0.25, 0.3) is 0 Å². The van der Waals surface area contributed by atoms with Crippen LogP contribution in [0.5, 0.6) is 0 Å². The summed E-state index contributed by atoms with van der Waals surface area (Å²) in [5.41, 5.74) is 9.55. The molecule has 0 saturated heterocycles. The van der Waals surface area contributed by atoms with Crippen LogP contribution in [-0.2, 0) is 0 Å². The number of anilines is 1. The maximum atomic E-state index is 9.19. The molecule has 0 aliphatic heterocycles. The minimum atomic E-state index is 0.481. The van der Waals surface area contributed by atoms with Gasteiger partial charge in [-0.15, -0.1) is 0 Å². The van der Waals surface area contributed by atoms with Gasteiger partial charge in [-0.05, 0) is 35.9 Å². The topological polar surface area (TPSA) is 67.6 Å². The molecule has 21 heavy (non-hydrogen) atoms. The van der Waals surface area contributed by atoms with Gasteiger partial charge in [0.05, 0.1) is 17.4 Å². The smallest absolute Gasteiger partial charge is 0.101 e. The molecule has 3 aromatic rings. The predicted octanol–water partition coefficient (Wildman–Crippen LogP) is 3.65. The van der Waals surface area contributed by atoms with Crippen molar-refractivity contribution in [2.24, 2.45) is 0 Å². The highest BCUT2D eigenvalue weighted by molar-refractivity contribution is 6.30. The Bertz CT molecular complexity index is 828. The molecule has 0 saturated carbocycles. The van der Waals surface area contributed by atoms with E-state index in [4.69, 9.17) is 17.3 Å². The van der Waals surface area contributed by atoms with Crippen molar-refractivity contribution < 1.29 is 0 Å². The van der Waals surface area contributed by atoms with Crippen LogP contribution in [0.15, 0.2) is 54.9 Å². The molecule has 0 radical (unpaired) electrons. The summed E-state index contributed by atoms with van der Waals surface area (Å²) in [5.74, 6) is 0. The Balaban J connectivity index is 2.03. The summed E-state index contributed by atoms with van der Waals surface area (Å²) in [6.45, 7) is 0. The Kier molecular flexibility index (Phi) is 3.35. The van der Waals surface area contributed by atoms with Crippen molar-refractivity contribution in [3.05, 3.63) is 65.4 Å². The molecule has 0 aliphatic rings. The van der Waals surface area contributed by atoms with Gasteiger partial charge in [-0.1, -0.05) is 23.7 Å². The molecule has 3 rings (SSSR count). The Hall–Kier alpha value is -2.77. The van der Waals surface area contributed by atoms with E-state index in [1.54, 1.807) is 29.1 Å². The lowest BCUT2D eigenvalue weighted by atomic mass is 10.1. The average molecular weight is 295 g/mol. The number of rotatable bonds is 2. The molecule has 0 fully saturated rings. The first kappa shape index (κ1) is 13.2. The second-order valence-corrected chi connectivity index (χ2v) is 5.01. The molecular weight excluding hydrogens is 284 g/mol. The Morgan fingerprint density at radius 1 is 1.10 bits per heavy atom. The monoisotopic (exact) mass is 294 g/mol. The molecule has 0 atom stereocenters. The van der Waals surface area contributed by atoms with Gasteiger partial charge in [-0.3, -0.25) is 0 Å². The number of aromatic nitrogens is 2. The van der Waals surface area contributed by atoms with E-state index >= 15 is 0 Å². The molecule has 2 aromatic carbocycles. The van der Waals surface area contributed by atoms with Crippen molar-refractivity contribution in [3.8, 4) is 22.9 Å². The summed E-state index contributed by atoms with van der Waals surface area (Å²) in [6, 6.07) is 14.8. The third-order valence-corrected chi connectivity index (χ3v) is 3.39. The van der Waals surface area contributed by atoms with Gasteiger partial charge in [0.2, 0.25) is 0 Å². The van der Waals surface area contributed by atoms with E-state index in [1.807, 2.05) is 30.5 Å². The average Bonchev–Trinajstić information content (AvgIpc) is 2.97. The number of nitrogens with two attached hydrogens (primary N) is 1. The molecule has 0 aliphatic carbocycles. The molecule has 0 amide bonds. The summed E-state index contributed by atoms with van der Waals surface area (Å²) in [5, 5.41) is 14.0. The summed E-state index contributed by atoms with van der Waals surface area (Å²) in [7, 11) is 0. The summed E-state index contributed by atoms with van der Waals surface area (Å²) in [6.07, 6.45) is 3.62. The quantitative estimate of drug-likeness (QED) is 0.734. The molecular formula is C16H11ClN4. The van der Waals surface area contributed by atoms with E-state index in [2.05, 4.69) is 11.2 Å². The number of nitrogen functional groups attached to an aromatic ring is 1. The normalized spacial score (nSPS) is 10.3. The van der Waals surface area contributed by atoms with Gasteiger partial charge in [0.1, 0.15) is 6.07 Å². The maximum Gasteiger partial charge on any atom is 0.101 e. The van der Waals surface area contributed by atoms with Crippen molar-refractivity contribution in [2.75, 3.05) is 5.73 Å². The molecule has 2 N–H and O–H groups in total. The zero-order valence-corrected chi connectivity index (χ0v) is 11.7. The van der Waals surface area contributed by atoms with E-state index in [0.29, 0.717) is 16.3 Å². The van der Waals surface area contributed by atoms with Gasteiger partial charge >= 0.3 is 0 Å². The van der Waals surface area contributed by atoms with Crippen LogP contribution in [0.25, 0.3) is 16.8 Å². The molecule has 5 heteroatoms. The fourth-order valence-corrected chi connectivity index (χ4v) is 2.25. The number of benzene rings is 2. The third-order valence-electron chi connectivity index (χ3n) is 3.15. The minimum Gasteiger partial charge on any atom is -0.399 e. The fourth-order valence-electron chi connectivity index (χ4n) is 2.08. The van der Waals surface area contributed by atoms with Gasteiger partial charge in [0.15, 0.2) is 0 Å². The predicted molar refractivity (Wildman–Crippen MR) is 83.1 cm³/mol. The van der Waals surface area contributed by atoms with Crippen LogP contribution in [0.2, 0.25) is 5.02 Å². The number of nitrogens with zero attached hydrogens (tertiary/aromatic N) is 3. The number of hydrogen-bond acceptors (Lipinski definition) is 3. The van der Waals surface area contributed by atoms with Crippen LogP contribution in [0, 0.1) is 11.3 Å². The third kappa shape index (κ3) is 2.60. The van der Waals surface area contributed by atoms with Gasteiger partial charge < -0.3 is 5.73 Å². The lowest BCUT2D eigenvalue weighted by Gasteiger charge is -2.04. The fraction of sp³-hybridized carbons (Fsp3) is 0. The summed E-state index contributed by atoms with van der Waals surface area (Å²) < 4.78 is 1.67. The van der Waals surface area contributed by atoms with Crippen molar-refractivity contribution in [3.63, 3.8) is 0 Å². The first-order valence-electron chi connectivity index (χ1n) is 6.28. The Morgan fingerprint density at radius 2 is 1.86 bits per heavy atom. The summed E-state index contributed by atoms with van der Waals surface area (Å²) in [4.78, 5) is 0. The first-order valence-corrected chi connectivity index (χ1v) is 6.66. The van der Waals surface area contributed by atoms with Crippen molar-refractivity contribution in [1.82, 2.24) is 9.78 Å². The van der Waals surface area contributed by atoms with Crippen LogP contribution < -0.4 is 5.73 Å². The van der Waals surface area contributed by atoms with E-state index < -0.39 is 0 Å². The van der Waals surface area contributed by atoms with E-state index in [1.165, 1.54) is 0 Å². The highest BCUT2D eigenvalue weighted by Gasteiger charge is 2.08. The van der Waals surface area contributed by atoms with Crippen LogP contribution >= 0.6 is 11.6 Å². The van der Waals surface area contributed by atoms with Crippen LogP contribution in [-0.4, -0.2) is 9.78 Å². The van der Waals surface area contributed by atoms with E-state index in [-0.39, 0.29) is 0 Å². The minimum absolute atomic E-state index is 0.481. The number of halogens is 1. The maximum absolute atomic E-state index is 9.19. The Labute approximate surface area is 127 Å². The van der Waals surface area contributed by atoms with Crippen molar-refractivity contribution >= 4 is 17.3 Å². The first-order chi connectivity index (χ1) is 10.2. The van der Waals surface area contributed by atoms with Crippen molar-refractivity contribution in [1.29, 1.82) is 5.26 Å². The second kappa shape index (κ2) is 5.31. The lowest BCUT2D eigenvalue weighted by Crippen LogP contribution is -1.97. The molecule has 0 bridgehead atoms. The molecule has 0 spiro atoms. The second-order valence-electron chi connectivity index (χ2n) is 4.57. The van der Waals surface area contributed by atoms with Crippen LogP contribution in [0.4, 0.5) is 5.69 Å². The largest absolute Gasteiger partial charge is 0.399 e. The lowest BCUT2D eigenvalue weighted by molar-refractivity contribution is 0.877. The van der Waals surface area contributed by atoms with E-state index in [9.17, 15) is 5.26 Å². The zero-order chi connectivity index (χ0) is 14.8. The van der Waals surface area contributed by atoms with Gasteiger partial charge in [-0.25, -0.2) is 4.68 Å². The van der Waals surface area contributed by atoms with Crippen LogP contribution in [0.3, 0.4) is 0 Å². The summed E-state index contributed by atoms with van der Waals surface area (Å²) >= 11 is 5.91. The molecule has 1 heterocycles. The van der Waals surface area contributed by atoms with Gasteiger partial charge in [0, 0.05) is 22.5 Å². The highest BCUT2D eigenvalue weighted by Crippen LogP contribution is 2.23. The van der Waals surface area contributed by atoms with Crippen LogP contribution in [0.1, 0.15) is 5.56 Å². The molecule has 102 valence electrons. The molecule has 1 aromatic heterocycles. The van der Waals surface area contributed by atoms with Crippen molar-refractivity contribution in [2.45, 2.75) is 0 Å². The highest BCUT2D eigenvalue weighted by atomic mass is 35.5. The number of nitriles is 1.